The van der Waals surface area contributed by atoms with E-state index >= 15 is 0 Å². The third kappa shape index (κ3) is 4.13. The lowest BCUT2D eigenvalue weighted by atomic mass is 9.87. The number of hydrogen-bond acceptors (Lipinski definition) is 3. The number of Topliss-reactive ketones (excluding diaryl/α,β-unsaturated/α-hetero) is 1. The van der Waals surface area contributed by atoms with Gasteiger partial charge in [0, 0.05) is 5.56 Å². The van der Waals surface area contributed by atoms with Gasteiger partial charge in [0.25, 0.3) is 0 Å². The summed E-state index contributed by atoms with van der Waals surface area (Å²) < 4.78 is 118. The molecule has 2 aromatic carbocycles. The van der Waals surface area contributed by atoms with Gasteiger partial charge in [-0.3, -0.25) is 4.79 Å². The zero-order valence-corrected chi connectivity index (χ0v) is 14.9. The van der Waals surface area contributed by atoms with Crippen molar-refractivity contribution in [1.29, 1.82) is 0 Å². The topological polar surface area (TPSA) is 57.5 Å². The summed E-state index contributed by atoms with van der Waals surface area (Å²) in [4.78, 5) is 12.5. The Labute approximate surface area is 167 Å². The predicted molar refractivity (Wildman–Crippen MR) is 85.6 cm³/mol. The summed E-state index contributed by atoms with van der Waals surface area (Å²) in [7, 11) is 0. The largest absolute Gasteiger partial charge is 0.416 e. The molecule has 0 fully saturated rings. The second-order valence-electron chi connectivity index (χ2n) is 6.88. The fraction of sp³-hybridized carbons (Fsp3) is 0.316. The lowest BCUT2D eigenvalue weighted by Gasteiger charge is -2.25. The summed E-state index contributed by atoms with van der Waals surface area (Å²) in [5.41, 5.74) is -6.90. The molecular formula is C19H11F9O3. The highest BCUT2D eigenvalue weighted by molar-refractivity contribution is 6.03. The minimum absolute atomic E-state index is 0.00236. The molecule has 2 N–H and O–H groups in total. The molecule has 2 aromatic rings. The van der Waals surface area contributed by atoms with Crippen molar-refractivity contribution in [3.63, 3.8) is 0 Å². The summed E-state index contributed by atoms with van der Waals surface area (Å²) in [6.45, 7) is 0. The molecule has 168 valence electrons. The molecule has 0 aliphatic heterocycles. The molecule has 0 heterocycles. The zero-order chi connectivity index (χ0) is 23.5. The first kappa shape index (κ1) is 23.1. The number of alkyl halides is 9. The molecule has 0 radical (unpaired) electrons. The van der Waals surface area contributed by atoms with E-state index in [1.54, 1.807) is 0 Å². The number of carbonyl (C=O) groups is 1. The van der Waals surface area contributed by atoms with Crippen molar-refractivity contribution in [2.45, 2.75) is 30.7 Å². The number of aliphatic hydroxyl groups excluding tert-OH is 2. The number of aliphatic hydroxyl groups is 2. The van der Waals surface area contributed by atoms with Crippen LogP contribution in [0.3, 0.4) is 0 Å². The zero-order valence-electron chi connectivity index (χ0n) is 14.9. The van der Waals surface area contributed by atoms with E-state index in [1.807, 2.05) is 0 Å². The van der Waals surface area contributed by atoms with Gasteiger partial charge in [0.1, 0.15) is 0 Å². The van der Waals surface area contributed by atoms with E-state index in [2.05, 4.69) is 0 Å². The van der Waals surface area contributed by atoms with Gasteiger partial charge in [-0.25, -0.2) is 0 Å². The highest BCUT2D eigenvalue weighted by atomic mass is 19.4. The van der Waals surface area contributed by atoms with Crippen molar-refractivity contribution in [3.05, 3.63) is 69.8 Å². The van der Waals surface area contributed by atoms with E-state index in [1.165, 1.54) is 0 Å². The van der Waals surface area contributed by atoms with E-state index in [-0.39, 0.29) is 18.2 Å². The maximum absolute atomic E-state index is 13.3. The van der Waals surface area contributed by atoms with Crippen molar-refractivity contribution in [2.24, 2.45) is 5.92 Å². The van der Waals surface area contributed by atoms with E-state index in [4.69, 9.17) is 0 Å². The Morgan fingerprint density at radius 2 is 1.29 bits per heavy atom. The third-order valence-corrected chi connectivity index (χ3v) is 4.95. The number of carbonyl (C=O) groups excluding carboxylic acids is 1. The molecule has 3 nitrogen and oxygen atoms in total. The van der Waals surface area contributed by atoms with E-state index in [0.29, 0.717) is 18.2 Å². The van der Waals surface area contributed by atoms with Crippen molar-refractivity contribution in [2.75, 3.05) is 0 Å². The molecule has 3 unspecified atom stereocenters. The lowest BCUT2D eigenvalue weighted by Crippen LogP contribution is -2.25. The predicted octanol–water partition coefficient (Wildman–Crippen LogP) is 5.32. The maximum atomic E-state index is 13.3. The van der Waals surface area contributed by atoms with Gasteiger partial charge in [-0.2, -0.15) is 39.5 Å². The minimum atomic E-state index is -5.22. The molecule has 3 rings (SSSR count). The van der Waals surface area contributed by atoms with Crippen LogP contribution in [0.5, 0.6) is 0 Å². The van der Waals surface area contributed by atoms with Gasteiger partial charge in [-0.15, -0.1) is 0 Å². The van der Waals surface area contributed by atoms with E-state index < -0.39 is 75.8 Å². The fourth-order valence-corrected chi connectivity index (χ4v) is 3.48. The van der Waals surface area contributed by atoms with Crippen molar-refractivity contribution < 1.29 is 54.5 Å². The number of benzene rings is 2. The average molecular weight is 458 g/mol. The number of rotatable bonds is 2. The fourth-order valence-electron chi connectivity index (χ4n) is 3.48. The van der Waals surface area contributed by atoms with Crippen LogP contribution in [0.1, 0.15) is 50.4 Å². The summed E-state index contributed by atoms with van der Waals surface area (Å²) in [5.74, 6) is -3.34. The molecule has 12 heteroatoms. The molecule has 3 atom stereocenters. The van der Waals surface area contributed by atoms with Crippen molar-refractivity contribution in [1.82, 2.24) is 0 Å². The SMILES string of the molecule is O=C1c2ccc(C(F)(F)F)cc2C(O)C1C(O)c1cc(C(F)(F)F)ccc1C(F)(F)F. The Balaban J connectivity index is 2.10. The van der Waals surface area contributed by atoms with Crippen molar-refractivity contribution >= 4 is 5.78 Å². The van der Waals surface area contributed by atoms with Crippen LogP contribution in [0, 0.1) is 5.92 Å². The molecule has 1 aliphatic carbocycles. The third-order valence-electron chi connectivity index (χ3n) is 4.95. The highest BCUT2D eigenvalue weighted by Crippen LogP contribution is 2.47. The molecule has 31 heavy (non-hydrogen) atoms. The Bertz CT molecular complexity index is 1020. The summed E-state index contributed by atoms with van der Waals surface area (Å²) >= 11 is 0. The van der Waals surface area contributed by atoms with Crippen LogP contribution in [0.4, 0.5) is 39.5 Å². The molecule has 0 spiro atoms. The molecular weight excluding hydrogens is 447 g/mol. The van der Waals surface area contributed by atoms with Crippen molar-refractivity contribution in [3.8, 4) is 0 Å². The summed E-state index contributed by atoms with van der Waals surface area (Å²) in [6.07, 6.45) is -19.9. The van der Waals surface area contributed by atoms with E-state index in [9.17, 15) is 54.5 Å². The number of fused-ring (bicyclic) bond motifs is 1. The summed E-state index contributed by atoms with van der Waals surface area (Å²) in [5, 5.41) is 20.7. The van der Waals surface area contributed by atoms with Gasteiger partial charge in [-0.05, 0) is 41.5 Å². The van der Waals surface area contributed by atoms with Crippen LogP contribution in [0.15, 0.2) is 36.4 Å². The molecule has 0 saturated carbocycles. The van der Waals surface area contributed by atoms with Crippen LogP contribution in [0.2, 0.25) is 0 Å². The normalized spacial score (nSPS) is 20.7. The maximum Gasteiger partial charge on any atom is 0.416 e. The lowest BCUT2D eigenvalue weighted by molar-refractivity contribution is -0.143. The first-order valence-corrected chi connectivity index (χ1v) is 8.43. The van der Waals surface area contributed by atoms with Crippen LogP contribution >= 0.6 is 0 Å². The van der Waals surface area contributed by atoms with Gasteiger partial charge in [0.05, 0.1) is 34.8 Å². The first-order valence-electron chi connectivity index (χ1n) is 8.43. The quantitative estimate of drug-likeness (QED) is 0.599. The van der Waals surface area contributed by atoms with Gasteiger partial charge >= 0.3 is 18.5 Å². The van der Waals surface area contributed by atoms with Crippen LogP contribution in [-0.2, 0) is 18.5 Å². The number of hydrogen-bond donors (Lipinski definition) is 2. The Hall–Kier alpha value is -2.60. The molecule has 0 aromatic heterocycles. The summed E-state index contributed by atoms with van der Waals surface area (Å²) in [6, 6.07) is 1.80. The first-order chi connectivity index (χ1) is 14.0. The minimum Gasteiger partial charge on any atom is -0.388 e. The van der Waals surface area contributed by atoms with Gasteiger partial charge < -0.3 is 10.2 Å². The molecule has 0 amide bonds. The van der Waals surface area contributed by atoms with Gasteiger partial charge in [0.15, 0.2) is 5.78 Å². The number of ketones is 1. The average Bonchev–Trinajstić information content (AvgIpc) is 2.89. The Morgan fingerprint density at radius 1 is 0.774 bits per heavy atom. The number of halogens is 9. The Morgan fingerprint density at radius 3 is 1.81 bits per heavy atom. The molecule has 0 saturated heterocycles. The smallest absolute Gasteiger partial charge is 0.388 e. The Kier molecular flexibility index (Phi) is 5.38. The molecule has 1 aliphatic rings. The standard InChI is InChI=1S/C19H11F9O3/c20-17(21,22)7-1-3-9-10(5-7)15(30)13(14(9)29)16(31)11-6-8(18(23,24)25)2-4-12(11)19(26,27)28/h1-6,13,15-16,30-31H. The monoisotopic (exact) mass is 458 g/mol. The second kappa shape index (κ2) is 7.23. The van der Waals surface area contributed by atoms with Gasteiger partial charge in [0.2, 0.25) is 0 Å². The van der Waals surface area contributed by atoms with Crippen LogP contribution < -0.4 is 0 Å². The van der Waals surface area contributed by atoms with Crippen LogP contribution in [-0.4, -0.2) is 16.0 Å². The van der Waals surface area contributed by atoms with E-state index in [0.717, 1.165) is 0 Å². The molecule has 0 bridgehead atoms. The van der Waals surface area contributed by atoms with Crippen LogP contribution in [0.25, 0.3) is 0 Å². The highest BCUT2D eigenvalue weighted by Gasteiger charge is 2.47. The van der Waals surface area contributed by atoms with Gasteiger partial charge in [-0.1, -0.05) is 6.07 Å². The second-order valence-corrected chi connectivity index (χ2v) is 6.88.